The van der Waals surface area contributed by atoms with Gasteiger partial charge in [0.05, 0.1) is 12.9 Å². The molecule has 0 bridgehead atoms. The maximum Gasteiger partial charge on any atom is 0.167 e. The summed E-state index contributed by atoms with van der Waals surface area (Å²) in [5.74, 6) is 0.218. The number of anilines is 1. The Balaban J connectivity index is 0.000000171. The predicted molar refractivity (Wildman–Crippen MR) is 106 cm³/mol. The predicted octanol–water partition coefficient (Wildman–Crippen LogP) is 0.496. The van der Waals surface area contributed by atoms with Crippen LogP contribution in [0.2, 0.25) is 0 Å². The SMILES string of the molecule is Cc1c[nH]c2ccccc12.Nc1ncnc2c1ncn2[C@@H]1O[C@H](CO)[C@@H](O)[C@H]1O. The number of aryl methyl sites for hydroxylation is 1. The van der Waals surface area contributed by atoms with E-state index >= 15 is 0 Å². The van der Waals surface area contributed by atoms with E-state index in [1.807, 2.05) is 12.3 Å². The van der Waals surface area contributed by atoms with Crippen LogP contribution >= 0.6 is 0 Å². The van der Waals surface area contributed by atoms with Crippen molar-refractivity contribution in [2.45, 2.75) is 31.5 Å². The van der Waals surface area contributed by atoms with Crippen molar-refractivity contribution in [3.63, 3.8) is 0 Å². The lowest BCUT2D eigenvalue weighted by Crippen LogP contribution is -2.33. The van der Waals surface area contributed by atoms with Crippen LogP contribution in [0, 0.1) is 6.92 Å². The Hall–Kier alpha value is -3.05. The number of aliphatic hydroxyl groups is 3. The Morgan fingerprint density at radius 2 is 1.97 bits per heavy atom. The van der Waals surface area contributed by atoms with Crippen molar-refractivity contribution < 1.29 is 20.1 Å². The highest BCUT2D eigenvalue weighted by Gasteiger charge is 2.43. The molecule has 10 heteroatoms. The molecule has 1 aromatic carbocycles. The van der Waals surface area contributed by atoms with Crippen LogP contribution in [0.4, 0.5) is 5.82 Å². The second-order valence-electron chi connectivity index (χ2n) is 6.83. The summed E-state index contributed by atoms with van der Waals surface area (Å²) in [6.45, 7) is 1.72. The molecular weight excluding hydrogens is 376 g/mol. The first kappa shape index (κ1) is 19.3. The molecule has 0 radical (unpaired) electrons. The number of nitrogens with one attached hydrogen (secondary N) is 1. The van der Waals surface area contributed by atoms with Crippen molar-refractivity contribution in [2.75, 3.05) is 12.3 Å². The van der Waals surface area contributed by atoms with Gasteiger partial charge in [-0.25, -0.2) is 15.0 Å². The van der Waals surface area contributed by atoms with Crippen molar-refractivity contribution >= 4 is 27.9 Å². The third kappa shape index (κ3) is 3.42. The topological polar surface area (TPSA) is 155 Å². The van der Waals surface area contributed by atoms with Crippen LogP contribution in [0.15, 0.2) is 43.1 Å². The number of nitrogens with zero attached hydrogens (tertiary/aromatic N) is 4. The average molecular weight is 398 g/mol. The monoisotopic (exact) mass is 398 g/mol. The molecule has 4 atom stereocenters. The summed E-state index contributed by atoms with van der Waals surface area (Å²) in [5, 5.41) is 30.1. The standard InChI is InChI=1S/C10H13N5O4.C9H9N/c11-8-5-9(13-2-12-8)15(3-14-5)10-7(18)6(17)4(1-16)19-10;1-7-6-10-9-5-3-2-4-8(7)9/h2-4,6-7,10,16-18H,1H2,(H2,11,12,13);2-6,10H,1H3/t4-,6-,7-,10-;/m1./s1. The molecule has 0 saturated carbocycles. The number of nitrogen functional groups attached to an aromatic ring is 1. The molecule has 29 heavy (non-hydrogen) atoms. The number of aromatic nitrogens is 5. The van der Waals surface area contributed by atoms with Gasteiger partial charge in [-0.2, -0.15) is 0 Å². The third-order valence-electron chi connectivity index (χ3n) is 4.97. The van der Waals surface area contributed by atoms with E-state index in [1.165, 1.54) is 33.7 Å². The van der Waals surface area contributed by atoms with E-state index in [0.29, 0.717) is 11.2 Å². The molecule has 1 aliphatic heterocycles. The van der Waals surface area contributed by atoms with E-state index in [9.17, 15) is 10.2 Å². The van der Waals surface area contributed by atoms with Gasteiger partial charge in [-0.05, 0) is 18.6 Å². The number of rotatable bonds is 2. The van der Waals surface area contributed by atoms with Gasteiger partial charge in [0, 0.05) is 17.1 Å². The van der Waals surface area contributed by atoms with E-state index in [-0.39, 0.29) is 5.82 Å². The molecule has 1 fully saturated rings. The highest BCUT2D eigenvalue weighted by molar-refractivity contribution is 5.82. The minimum atomic E-state index is -1.19. The largest absolute Gasteiger partial charge is 0.394 e. The molecule has 5 rings (SSSR count). The molecule has 152 valence electrons. The van der Waals surface area contributed by atoms with Crippen molar-refractivity contribution in [3.8, 4) is 0 Å². The first-order chi connectivity index (χ1) is 14.0. The van der Waals surface area contributed by atoms with Crippen LogP contribution in [0.1, 0.15) is 11.8 Å². The van der Waals surface area contributed by atoms with Gasteiger partial charge in [-0.1, -0.05) is 18.2 Å². The first-order valence-electron chi connectivity index (χ1n) is 9.09. The van der Waals surface area contributed by atoms with E-state index in [4.69, 9.17) is 15.6 Å². The molecule has 0 amide bonds. The number of hydrogen-bond donors (Lipinski definition) is 5. The molecule has 0 unspecified atom stereocenters. The van der Waals surface area contributed by atoms with Gasteiger partial charge >= 0.3 is 0 Å². The summed E-state index contributed by atoms with van der Waals surface area (Å²) in [6, 6.07) is 8.31. The molecule has 0 spiro atoms. The number of benzene rings is 1. The number of nitrogens with two attached hydrogens (primary N) is 1. The number of imidazole rings is 1. The van der Waals surface area contributed by atoms with Gasteiger partial charge in [0.25, 0.3) is 0 Å². The van der Waals surface area contributed by atoms with Crippen molar-refractivity contribution in [3.05, 3.63) is 48.7 Å². The molecule has 0 aliphatic carbocycles. The van der Waals surface area contributed by atoms with Crippen LogP contribution < -0.4 is 5.73 Å². The number of hydrogen-bond acceptors (Lipinski definition) is 8. The van der Waals surface area contributed by atoms with Crippen LogP contribution in [0.5, 0.6) is 0 Å². The number of aliphatic hydroxyl groups excluding tert-OH is 3. The van der Waals surface area contributed by atoms with E-state index in [1.54, 1.807) is 0 Å². The Labute approximate surface area is 165 Å². The van der Waals surface area contributed by atoms with Gasteiger partial charge in [-0.15, -0.1) is 0 Å². The van der Waals surface area contributed by atoms with Crippen molar-refractivity contribution in [2.24, 2.45) is 0 Å². The Morgan fingerprint density at radius 1 is 1.17 bits per heavy atom. The maximum absolute atomic E-state index is 9.95. The summed E-state index contributed by atoms with van der Waals surface area (Å²) in [5.41, 5.74) is 8.98. The zero-order valence-corrected chi connectivity index (χ0v) is 15.7. The quantitative estimate of drug-likeness (QED) is 0.327. The van der Waals surface area contributed by atoms with Crippen LogP contribution in [-0.4, -0.2) is 64.7 Å². The molecule has 1 aliphatic rings. The van der Waals surface area contributed by atoms with Gasteiger partial charge in [0.2, 0.25) is 0 Å². The fourth-order valence-electron chi connectivity index (χ4n) is 3.38. The second kappa shape index (κ2) is 7.76. The molecular formula is C19H22N6O4. The Bertz CT molecular complexity index is 1130. The average Bonchev–Trinajstić information content (AvgIpc) is 3.41. The Kier molecular flexibility index (Phi) is 5.16. The number of para-hydroxylation sites is 1. The molecule has 3 aromatic heterocycles. The molecule has 6 N–H and O–H groups in total. The van der Waals surface area contributed by atoms with Gasteiger partial charge in [0.15, 0.2) is 17.7 Å². The molecule has 10 nitrogen and oxygen atoms in total. The molecule has 4 heterocycles. The lowest BCUT2D eigenvalue weighted by Gasteiger charge is -2.16. The van der Waals surface area contributed by atoms with Crippen LogP contribution in [0.25, 0.3) is 22.1 Å². The highest BCUT2D eigenvalue weighted by Crippen LogP contribution is 2.31. The third-order valence-corrected chi connectivity index (χ3v) is 4.97. The minimum Gasteiger partial charge on any atom is -0.394 e. The number of fused-ring (bicyclic) bond motifs is 2. The lowest BCUT2D eigenvalue weighted by molar-refractivity contribution is -0.0511. The first-order valence-corrected chi connectivity index (χ1v) is 9.09. The van der Waals surface area contributed by atoms with Gasteiger partial charge in [0.1, 0.15) is 30.2 Å². The van der Waals surface area contributed by atoms with Crippen molar-refractivity contribution in [1.29, 1.82) is 0 Å². The van der Waals surface area contributed by atoms with E-state index in [0.717, 1.165) is 0 Å². The molecule has 4 aromatic rings. The number of ether oxygens (including phenoxy) is 1. The summed E-state index contributed by atoms with van der Waals surface area (Å²) in [7, 11) is 0. The number of H-pyrrole nitrogens is 1. The molecule has 1 saturated heterocycles. The zero-order valence-electron chi connectivity index (χ0n) is 15.7. The minimum absolute atomic E-state index is 0.218. The summed E-state index contributed by atoms with van der Waals surface area (Å²) in [6.07, 6.45) is 0.609. The zero-order chi connectivity index (χ0) is 20.5. The lowest BCUT2D eigenvalue weighted by atomic mass is 10.1. The fourth-order valence-corrected chi connectivity index (χ4v) is 3.38. The number of aromatic amines is 1. The summed E-state index contributed by atoms with van der Waals surface area (Å²) >= 11 is 0. The Morgan fingerprint density at radius 3 is 2.69 bits per heavy atom. The summed E-state index contributed by atoms with van der Waals surface area (Å²) < 4.78 is 6.85. The normalized spacial score (nSPS) is 24.0. The van der Waals surface area contributed by atoms with Gasteiger partial charge in [-0.3, -0.25) is 4.57 Å². The maximum atomic E-state index is 9.95. The smallest absolute Gasteiger partial charge is 0.167 e. The van der Waals surface area contributed by atoms with Crippen molar-refractivity contribution in [1.82, 2.24) is 24.5 Å². The van der Waals surface area contributed by atoms with E-state index < -0.39 is 31.1 Å². The van der Waals surface area contributed by atoms with Crippen LogP contribution in [-0.2, 0) is 4.74 Å². The second-order valence-corrected chi connectivity index (χ2v) is 6.83. The van der Waals surface area contributed by atoms with E-state index in [2.05, 4.69) is 45.1 Å². The van der Waals surface area contributed by atoms with Gasteiger partial charge < -0.3 is 30.8 Å². The summed E-state index contributed by atoms with van der Waals surface area (Å²) in [4.78, 5) is 15.1. The highest BCUT2D eigenvalue weighted by atomic mass is 16.6. The van der Waals surface area contributed by atoms with Crippen LogP contribution in [0.3, 0.4) is 0 Å². The fraction of sp³-hybridized carbons (Fsp3) is 0.316.